The second-order valence-corrected chi connectivity index (χ2v) is 5.00. The Morgan fingerprint density at radius 1 is 0.762 bits per heavy atom. The SMILES string of the molecule is CN(C)c1ccc(C(N=O)C(N=O)c2ccccc2)cc1. The van der Waals surface area contributed by atoms with Gasteiger partial charge in [-0.3, -0.25) is 0 Å². The van der Waals surface area contributed by atoms with Crippen LogP contribution in [0.15, 0.2) is 65.0 Å². The minimum atomic E-state index is -0.818. The van der Waals surface area contributed by atoms with E-state index < -0.39 is 12.1 Å². The second-order valence-electron chi connectivity index (χ2n) is 5.00. The molecule has 5 nitrogen and oxygen atoms in total. The lowest BCUT2D eigenvalue weighted by molar-refractivity contribution is 0.571. The topological polar surface area (TPSA) is 62.1 Å². The smallest absolute Gasteiger partial charge is 0.147 e. The van der Waals surface area contributed by atoms with Gasteiger partial charge in [0.05, 0.1) is 0 Å². The standard InChI is InChI=1S/C16H17N3O2/c1-19(2)14-10-8-13(9-11-14)16(18-21)15(17-20)12-6-4-3-5-7-12/h3-11,15-16H,1-2H3. The lowest BCUT2D eigenvalue weighted by atomic mass is 9.94. The van der Waals surface area contributed by atoms with Gasteiger partial charge in [-0.25, -0.2) is 0 Å². The van der Waals surface area contributed by atoms with Crippen molar-refractivity contribution >= 4 is 5.69 Å². The largest absolute Gasteiger partial charge is 0.378 e. The summed E-state index contributed by atoms with van der Waals surface area (Å²) in [4.78, 5) is 24.4. The molecule has 0 aliphatic heterocycles. The summed E-state index contributed by atoms with van der Waals surface area (Å²) < 4.78 is 0. The molecule has 2 rings (SSSR count). The van der Waals surface area contributed by atoms with E-state index in [2.05, 4.69) is 10.4 Å². The molecule has 0 heterocycles. The molecule has 0 N–H and O–H groups in total. The van der Waals surface area contributed by atoms with Crippen LogP contribution in [0.3, 0.4) is 0 Å². The predicted octanol–water partition coefficient (Wildman–Crippen LogP) is 4.07. The van der Waals surface area contributed by atoms with Crippen molar-refractivity contribution in [3.63, 3.8) is 0 Å². The summed E-state index contributed by atoms with van der Waals surface area (Å²) in [6, 6.07) is 14.8. The first kappa shape index (κ1) is 14.8. The highest BCUT2D eigenvalue weighted by Gasteiger charge is 2.27. The molecule has 0 radical (unpaired) electrons. The molecule has 0 saturated carbocycles. The van der Waals surface area contributed by atoms with E-state index in [1.54, 1.807) is 12.1 Å². The zero-order valence-electron chi connectivity index (χ0n) is 12.0. The Morgan fingerprint density at radius 2 is 1.24 bits per heavy atom. The number of nitroso groups, excluding NO2 is 2. The summed E-state index contributed by atoms with van der Waals surface area (Å²) in [6.07, 6.45) is 0. The summed E-state index contributed by atoms with van der Waals surface area (Å²) in [5.74, 6) is 0. The molecule has 0 aromatic heterocycles. The van der Waals surface area contributed by atoms with Crippen LogP contribution in [0.5, 0.6) is 0 Å². The Bertz CT molecular complexity index is 597. The van der Waals surface area contributed by atoms with Crippen molar-refractivity contribution in [1.29, 1.82) is 0 Å². The van der Waals surface area contributed by atoms with E-state index in [4.69, 9.17) is 0 Å². The van der Waals surface area contributed by atoms with E-state index in [9.17, 15) is 9.81 Å². The molecular weight excluding hydrogens is 266 g/mol. The summed E-state index contributed by atoms with van der Waals surface area (Å²) in [6.45, 7) is 0. The number of anilines is 1. The highest BCUT2D eigenvalue weighted by Crippen LogP contribution is 2.35. The summed E-state index contributed by atoms with van der Waals surface area (Å²) in [5, 5.41) is 6.23. The zero-order chi connectivity index (χ0) is 15.2. The Labute approximate surface area is 123 Å². The fraction of sp³-hybridized carbons (Fsp3) is 0.250. The lowest BCUT2D eigenvalue weighted by Gasteiger charge is -2.17. The molecule has 0 aliphatic rings. The normalized spacial score (nSPS) is 13.2. The minimum Gasteiger partial charge on any atom is -0.378 e. The monoisotopic (exact) mass is 283 g/mol. The van der Waals surface area contributed by atoms with Gasteiger partial charge in [-0.1, -0.05) is 52.8 Å². The number of benzene rings is 2. The maximum atomic E-state index is 11.2. The molecule has 2 aromatic rings. The molecule has 2 unspecified atom stereocenters. The van der Waals surface area contributed by atoms with E-state index in [1.165, 1.54) is 0 Å². The Balaban J connectivity index is 2.33. The van der Waals surface area contributed by atoms with Crippen LogP contribution in [0, 0.1) is 9.81 Å². The van der Waals surface area contributed by atoms with E-state index >= 15 is 0 Å². The minimum absolute atomic E-state index is 0.684. The van der Waals surface area contributed by atoms with Gasteiger partial charge in [0.25, 0.3) is 0 Å². The van der Waals surface area contributed by atoms with Crippen LogP contribution >= 0.6 is 0 Å². The van der Waals surface area contributed by atoms with Gasteiger partial charge in [-0.05, 0) is 23.3 Å². The van der Waals surface area contributed by atoms with Gasteiger partial charge in [0.15, 0.2) is 0 Å². The number of hydrogen-bond acceptors (Lipinski definition) is 5. The van der Waals surface area contributed by atoms with E-state index in [1.807, 2.05) is 61.5 Å². The van der Waals surface area contributed by atoms with Gasteiger partial charge in [0.1, 0.15) is 12.1 Å². The average molecular weight is 283 g/mol. The molecule has 0 saturated heterocycles. The Kier molecular flexibility index (Phi) is 4.77. The van der Waals surface area contributed by atoms with E-state index in [0.29, 0.717) is 11.1 Å². The Morgan fingerprint density at radius 3 is 1.67 bits per heavy atom. The van der Waals surface area contributed by atoms with Gasteiger partial charge >= 0.3 is 0 Å². The first-order chi connectivity index (χ1) is 10.2. The molecule has 0 bridgehead atoms. The van der Waals surface area contributed by atoms with Crippen molar-refractivity contribution < 1.29 is 0 Å². The van der Waals surface area contributed by atoms with Crippen LogP contribution in [0.4, 0.5) is 5.69 Å². The molecule has 21 heavy (non-hydrogen) atoms. The molecular formula is C16H17N3O2. The molecule has 2 aromatic carbocycles. The molecule has 2 atom stereocenters. The summed E-state index contributed by atoms with van der Waals surface area (Å²) in [7, 11) is 3.87. The van der Waals surface area contributed by atoms with Crippen molar-refractivity contribution in [1.82, 2.24) is 0 Å². The third kappa shape index (κ3) is 3.31. The number of rotatable bonds is 6. The van der Waals surface area contributed by atoms with Gasteiger partial charge in [-0.2, -0.15) is 9.81 Å². The van der Waals surface area contributed by atoms with Gasteiger partial charge in [0.2, 0.25) is 0 Å². The fourth-order valence-electron chi connectivity index (χ4n) is 2.22. The molecule has 0 aliphatic carbocycles. The first-order valence-electron chi connectivity index (χ1n) is 6.64. The lowest BCUT2D eigenvalue weighted by Crippen LogP contribution is -2.10. The van der Waals surface area contributed by atoms with Crippen molar-refractivity contribution in [3.8, 4) is 0 Å². The number of hydrogen-bond donors (Lipinski definition) is 0. The van der Waals surface area contributed by atoms with Crippen molar-refractivity contribution in [2.75, 3.05) is 19.0 Å². The van der Waals surface area contributed by atoms with Gasteiger partial charge in [0, 0.05) is 19.8 Å². The average Bonchev–Trinajstić information content (AvgIpc) is 2.53. The third-order valence-electron chi connectivity index (χ3n) is 3.42. The van der Waals surface area contributed by atoms with Crippen LogP contribution in [0.2, 0.25) is 0 Å². The maximum absolute atomic E-state index is 11.2. The summed E-state index contributed by atoms with van der Waals surface area (Å²) >= 11 is 0. The van der Waals surface area contributed by atoms with Crippen molar-refractivity contribution in [2.45, 2.75) is 12.1 Å². The third-order valence-corrected chi connectivity index (χ3v) is 3.42. The highest BCUT2D eigenvalue weighted by atomic mass is 16.3. The van der Waals surface area contributed by atoms with Crippen LogP contribution < -0.4 is 4.90 Å². The quantitative estimate of drug-likeness (QED) is 0.751. The first-order valence-corrected chi connectivity index (χ1v) is 6.64. The molecule has 0 fully saturated rings. The molecule has 0 spiro atoms. The highest BCUT2D eigenvalue weighted by molar-refractivity contribution is 5.47. The predicted molar refractivity (Wildman–Crippen MR) is 84.3 cm³/mol. The van der Waals surface area contributed by atoms with Crippen molar-refractivity contribution in [2.24, 2.45) is 10.4 Å². The van der Waals surface area contributed by atoms with E-state index in [0.717, 1.165) is 5.69 Å². The van der Waals surface area contributed by atoms with Gasteiger partial charge < -0.3 is 4.90 Å². The van der Waals surface area contributed by atoms with Crippen LogP contribution in [-0.2, 0) is 0 Å². The number of nitrogens with zero attached hydrogens (tertiary/aromatic N) is 3. The maximum Gasteiger partial charge on any atom is 0.147 e. The Hall–Kier alpha value is -2.56. The van der Waals surface area contributed by atoms with Gasteiger partial charge in [-0.15, -0.1) is 0 Å². The van der Waals surface area contributed by atoms with E-state index in [-0.39, 0.29) is 0 Å². The van der Waals surface area contributed by atoms with Crippen LogP contribution in [0.1, 0.15) is 23.2 Å². The molecule has 108 valence electrons. The molecule has 5 heteroatoms. The molecule has 0 amide bonds. The summed E-state index contributed by atoms with van der Waals surface area (Å²) in [5.41, 5.74) is 2.39. The zero-order valence-corrected chi connectivity index (χ0v) is 12.0. The van der Waals surface area contributed by atoms with Crippen LogP contribution in [0.25, 0.3) is 0 Å². The van der Waals surface area contributed by atoms with Crippen molar-refractivity contribution in [3.05, 3.63) is 75.5 Å². The fourth-order valence-corrected chi connectivity index (χ4v) is 2.22. The second kappa shape index (κ2) is 6.74. The van der Waals surface area contributed by atoms with Crippen LogP contribution in [-0.4, -0.2) is 14.1 Å².